The van der Waals surface area contributed by atoms with E-state index >= 15 is 0 Å². The first kappa shape index (κ1) is 23.6. The zero-order valence-electron chi connectivity index (χ0n) is 18.4. The van der Waals surface area contributed by atoms with Gasteiger partial charge in [0.05, 0.1) is 19.4 Å². The van der Waals surface area contributed by atoms with Gasteiger partial charge in [-0.1, -0.05) is 48.5 Å². The minimum Gasteiger partial charge on any atom is -0.496 e. The van der Waals surface area contributed by atoms with E-state index in [-0.39, 0.29) is 18.2 Å². The van der Waals surface area contributed by atoms with E-state index < -0.39 is 30.4 Å². The van der Waals surface area contributed by atoms with Crippen LogP contribution in [0, 0.1) is 0 Å². The van der Waals surface area contributed by atoms with E-state index in [1.54, 1.807) is 26.2 Å². The summed E-state index contributed by atoms with van der Waals surface area (Å²) in [5, 5.41) is 5.40. The number of amides is 2. The van der Waals surface area contributed by atoms with E-state index in [1.807, 2.05) is 48.5 Å². The standard InChI is InChI=1S/C25H26N2O6/c1-17(19-11-6-7-12-21(19)31-2)26-23(28)16-33-25(30)20(15-18-9-4-3-5-10-18)27-24(29)22-13-8-14-32-22/h3-14,17,20H,15-16H2,1-2H3,(H,26,28)(H,27,29). The second-order valence-electron chi connectivity index (χ2n) is 7.33. The molecular weight excluding hydrogens is 424 g/mol. The van der Waals surface area contributed by atoms with E-state index in [4.69, 9.17) is 13.9 Å². The van der Waals surface area contributed by atoms with Gasteiger partial charge in [0.2, 0.25) is 0 Å². The molecule has 2 unspecified atom stereocenters. The van der Waals surface area contributed by atoms with Gasteiger partial charge in [-0.05, 0) is 30.7 Å². The molecule has 1 heterocycles. The summed E-state index contributed by atoms with van der Waals surface area (Å²) in [6, 6.07) is 18.2. The molecule has 0 bridgehead atoms. The van der Waals surface area contributed by atoms with E-state index in [2.05, 4.69) is 10.6 Å². The number of hydrogen-bond acceptors (Lipinski definition) is 6. The fraction of sp³-hybridized carbons (Fsp3) is 0.240. The molecule has 0 aliphatic carbocycles. The van der Waals surface area contributed by atoms with Gasteiger partial charge in [0.1, 0.15) is 11.8 Å². The zero-order valence-corrected chi connectivity index (χ0v) is 18.4. The van der Waals surface area contributed by atoms with Gasteiger partial charge in [0, 0.05) is 12.0 Å². The number of para-hydroxylation sites is 1. The average molecular weight is 450 g/mol. The first-order valence-corrected chi connectivity index (χ1v) is 10.4. The Morgan fingerprint density at radius 1 is 0.939 bits per heavy atom. The van der Waals surface area contributed by atoms with Gasteiger partial charge >= 0.3 is 5.97 Å². The maximum absolute atomic E-state index is 12.7. The number of hydrogen-bond donors (Lipinski definition) is 2. The fourth-order valence-electron chi connectivity index (χ4n) is 3.30. The number of esters is 1. The number of methoxy groups -OCH3 is 1. The van der Waals surface area contributed by atoms with Crippen molar-refractivity contribution < 1.29 is 28.3 Å². The molecule has 2 atom stereocenters. The average Bonchev–Trinajstić information content (AvgIpc) is 3.38. The summed E-state index contributed by atoms with van der Waals surface area (Å²) in [4.78, 5) is 37.5. The van der Waals surface area contributed by atoms with Crippen LogP contribution in [0.2, 0.25) is 0 Å². The number of furan rings is 1. The Kier molecular flexibility index (Phi) is 8.24. The highest BCUT2D eigenvalue weighted by Crippen LogP contribution is 2.24. The lowest BCUT2D eigenvalue weighted by molar-refractivity contribution is -0.150. The minimum atomic E-state index is -0.996. The summed E-state index contributed by atoms with van der Waals surface area (Å²) in [6.07, 6.45) is 1.57. The van der Waals surface area contributed by atoms with E-state index in [0.29, 0.717) is 5.75 Å². The Morgan fingerprint density at radius 3 is 2.36 bits per heavy atom. The van der Waals surface area contributed by atoms with Crippen LogP contribution < -0.4 is 15.4 Å². The maximum atomic E-state index is 12.7. The quantitative estimate of drug-likeness (QED) is 0.460. The van der Waals surface area contributed by atoms with Crippen LogP contribution in [0.4, 0.5) is 0 Å². The number of carbonyl (C=O) groups is 3. The van der Waals surface area contributed by atoms with Crippen molar-refractivity contribution in [3.63, 3.8) is 0 Å². The molecule has 8 heteroatoms. The molecule has 2 N–H and O–H groups in total. The van der Waals surface area contributed by atoms with Gasteiger partial charge < -0.3 is 24.5 Å². The number of ether oxygens (including phenoxy) is 2. The third-order valence-electron chi connectivity index (χ3n) is 4.95. The summed E-state index contributed by atoms with van der Waals surface area (Å²) in [5.41, 5.74) is 1.63. The first-order valence-electron chi connectivity index (χ1n) is 10.4. The van der Waals surface area contributed by atoms with Crippen LogP contribution in [-0.4, -0.2) is 37.5 Å². The molecule has 0 radical (unpaired) electrons. The summed E-state index contributed by atoms with van der Waals surface area (Å²) in [6.45, 7) is 1.32. The second kappa shape index (κ2) is 11.5. The van der Waals surface area contributed by atoms with Gasteiger partial charge in [0.15, 0.2) is 12.4 Å². The Hall–Kier alpha value is -4.07. The van der Waals surface area contributed by atoms with Crippen molar-refractivity contribution in [3.05, 3.63) is 89.9 Å². The summed E-state index contributed by atoms with van der Waals surface area (Å²) < 4.78 is 15.6. The molecule has 0 aliphatic heterocycles. The normalized spacial score (nSPS) is 12.3. The molecule has 0 spiro atoms. The van der Waals surface area contributed by atoms with Gasteiger partial charge in [-0.2, -0.15) is 0 Å². The molecule has 8 nitrogen and oxygen atoms in total. The number of nitrogens with one attached hydrogen (secondary N) is 2. The second-order valence-corrected chi connectivity index (χ2v) is 7.33. The monoisotopic (exact) mass is 450 g/mol. The molecule has 0 saturated carbocycles. The highest BCUT2D eigenvalue weighted by Gasteiger charge is 2.25. The van der Waals surface area contributed by atoms with Crippen LogP contribution in [0.15, 0.2) is 77.4 Å². The third-order valence-corrected chi connectivity index (χ3v) is 4.95. The largest absolute Gasteiger partial charge is 0.496 e. The predicted octanol–water partition coefficient (Wildman–Crippen LogP) is 3.05. The van der Waals surface area contributed by atoms with Crippen molar-refractivity contribution in [1.29, 1.82) is 0 Å². The molecule has 1 aromatic heterocycles. The molecule has 0 aliphatic rings. The Labute approximate surface area is 191 Å². The minimum absolute atomic E-state index is 0.0734. The Balaban J connectivity index is 1.60. The van der Waals surface area contributed by atoms with Crippen molar-refractivity contribution in [3.8, 4) is 5.75 Å². The molecule has 0 saturated heterocycles. The van der Waals surface area contributed by atoms with Gasteiger partial charge in [-0.25, -0.2) is 4.79 Å². The summed E-state index contributed by atoms with van der Waals surface area (Å²) in [7, 11) is 1.55. The van der Waals surface area contributed by atoms with Crippen LogP contribution in [0.25, 0.3) is 0 Å². The smallest absolute Gasteiger partial charge is 0.329 e. The molecule has 172 valence electrons. The van der Waals surface area contributed by atoms with Gasteiger partial charge in [-0.3, -0.25) is 9.59 Å². The molecule has 3 rings (SSSR count). The molecule has 33 heavy (non-hydrogen) atoms. The van der Waals surface area contributed by atoms with Crippen molar-refractivity contribution in [2.24, 2.45) is 0 Å². The third kappa shape index (κ3) is 6.70. The lowest BCUT2D eigenvalue weighted by atomic mass is 10.1. The Bertz CT molecular complexity index is 1070. The molecule has 3 aromatic rings. The lowest BCUT2D eigenvalue weighted by Gasteiger charge is -2.19. The van der Waals surface area contributed by atoms with E-state index in [0.717, 1.165) is 11.1 Å². The van der Waals surface area contributed by atoms with Crippen LogP contribution in [-0.2, 0) is 20.7 Å². The van der Waals surface area contributed by atoms with Gasteiger partial charge in [-0.15, -0.1) is 0 Å². The topological polar surface area (TPSA) is 107 Å². The number of carbonyl (C=O) groups excluding carboxylic acids is 3. The van der Waals surface area contributed by atoms with E-state index in [9.17, 15) is 14.4 Å². The molecule has 2 aromatic carbocycles. The van der Waals surface area contributed by atoms with E-state index in [1.165, 1.54) is 12.3 Å². The summed E-state index contributed by atoms with van der Waals surface area (Å²) in [5.74, 6) is -1.03. The fourth-order valence-corrected chi connectivity index (χ4v) is 3.30. The SMILES string of the molecule is COc1ccccc1C(C)NC(=O)COC(=O)C(Cc1ccccc1)NC(=O)c1ccco1. The zero-order chi connectivity index (χ0) is 23.6. The number of benzene rings is 2. The first-order chi connectivity index (χ1) is 16.0. The van der Waals surface area contributed by atoms with Crippen molar-refractivity contribution >= 4 is 17.8 Å². The summed E-state index contributed by atoms with van der Waals surface area (Å²) >= 11 is 0. The maximum Gasteiger partial charge on any atom is 0.329 e. The van der Waals surface area contributed by atoms with Crippen LogP contribution in [0.1, 0.15) is 34.6 Å². The van der Waals surface area contributed by atoms with Crippen molar-refractivity contribution in [2.45, 2.75) is 25.4 Å². The van der Waals surface area contributed by atoms with Gasteiger partial charge in [0.25, 0.3) is 11.8 Å². The molecule has 0 fully saturated rings. The molecule has 2 amide bonds. The lowest BCUT2D eigenvalue weighted by Crippen LogP contribution is -2.44. The van der Waals surface area contributed by atoms with Crippen LogP contribution >= 0.6 is 0 Å². The number of rotatable bonds is 10. The highest BCUT2D eigenvalue weighted by molar-refractivity contribution is 5.94. The van der Waals surface area contributed by atoms with Crippen molar-refractivity contribution in [2.75, 3.05) is 13.7 Å². The predicted molar refractivity (Wildman–Crippen MR) is 121 cm³/mol. The van der Waals surface area contributed by atoms with Crippen LogP contribution in [0.5, 0.6) is 5.75 Å². The van der Waals surface area contributed by atoms with Crippen LogP contribution in [0.3, 0.4) is 0 Å². The Morgan fingerprint density at radius 2 is 1.67 bits per heavy atom. The molecular formula is C25H26N2O6. The highest BCUT2D eigenvalue weighted by atomic mass is 16.5. The van der Waals surface area contributed by atoms with Crippen molar-refractivity contribution in [1.82, 2.24) is 10.6 Å².